The van der Waals surface area contributed by atoms with Crippen molar-refractivity contribution in [2.75, 3.05) is 30.0 Å². The van der Waals surface area contributed by atoms with Crippen molar-refractivity contribution >= 4 is 22.9 Å². The van der Waals surface area contributed by atoms with Crippen LogP contribution < -0.4 is 38.1 Å². The highest BCUT2D eigenvalue weighted by molar-refractivity contribution is 6.29. The maximum atomic E-state index is 14.5. The molecule has 0 aromatic heterocycles. The molecule has 1 aliphatic rings. The van der Waals surface area contributed by atoms with Crippen molar-refractivity contribution in [3.63, 3.8) is 0 Å². The first-order chi connectivity index (χ1) is 18.9. The lowest BCUT2D eigenvalue weighted by Gasteiger charge is -2.54. The van der Waals surface area contributed by atoms with Gasteiger partial charge in [-0.15, -0.1) is 10.2 Å². The Morgan fingerprint density at radius 2 is 1.40 bits per heavy atom. The number of phenolic OH excluding ortho intramolecular Hbond substituents is 1. The molecular weight excluding hydrogens is 538 g/mol. The average Bonchev–Trinajstić information content (AvgIpc) is 2.90. The fraction of sp³-hybridized carbons (Fsp3) is 0.276. The quantitative estimate of drug-likeness (QED) is 0.386. The molecule has 1 unspecified atom stereocenters. The van der Waals surface area contributed by atoms with Crippen LogP contribution in [0.2, 0.25) is 0 Å². The summed E-state index contributed by atoms with van der Waals surface area (Å²) in [5.74, 6) is -0.0502. The van der Waals surface area contributed by atoms with Crippen LogP contribution in [-0.4, -0.2) is 37.0 Å². The molecule has 1 aliphatic heterocycles. The molecule has 11 heteroatoms. The largest absolute Gasteiger partial charge is 0.508 e. The Morgan fingerprint density at radius 3 is 1.93 bits per heavy atom. The summed E-state index contributed by atoms with van der Waals surface area (Å²) >= 11 is 0. The number of rotatable bonds is 7. The van der Waals surface area contributed by atoms with Crippen LogP contribution in [0.5, 0.6) is 11.5 Å². The third-order valence-electron chi connectivity index (χ3n) is 7.00. The molecule has 1 atom stereocenters. The van der Waals surface area contributed by atoms with Gasteiger partial charge in [-0.2, -0.15) is 0 Å². The Kier molecular flexibility index (Phi) is 9.80. The second-order valence-electron chi connectivity index (χ2n) is 9.20. The summed E-state index contributed by atoms with van der Waals surface area (Å²) in [5.41, 5.74) is 3.96. The van der Waals surface area contributed by atoms with Crippen LogP contribution in [0.3, 0.4) is 0 Å². The third kappa shape index (κ3) is 6.39. The SMILES string of the molecule is CC[NH+](CC)C1(C)N(c2ccc(O)cc2)C(C)=C(c2ccccc2)C(=O)N1c1ccccc1OC.[O-][Cl+3]([O-])([O-])[O-]. The number of para-hydroxylation sites is 2. The molecule has 0 fully saturated rings. The van der Waals surface area contributed by atoms with E-state index < -0.39 is 16.0 Å². The van der Waals surface area contributed by atoms with Crippen LogP contribution in [-0.2, 0) is 4.79 Å². The number of anilines is 2. The van der Waals surface area contributed by atoms with E-state index in [2.05, 4.69) is 25.7 Å². The second-order valence-corrected chi connectivity index (χ2v) is 9.96. The molecule has 1 heterocycles. The summed E-state index contributed by atoms with van der Waals surface area (Å²) in [6, 6.07) is 24.6. The molecule has 0 saturated heterocycles. The highest BCUT2D eigenvalue weighted by Crippen LogP contribution is 2.43. The summed E-state index contributed by atoms with van der Waals surface area (Å²) in [4.78, 5) is 19.8. The molecule has 0 radical (unpaired) electrons. The van der Waals surface area contributed by atoms with Crippen molar-refractivity contribution in [3.8, 4) is 11.5 Å². The van der Waals surface area contributed by atoms with Crippen molar-refractivity contribution in [1.82, 2.24) is 0 Å². The molecule has 10 nitrogen and oxygen atoms in total. The molecule has 0 aliphatic carbocycles. The topological polar surface area (TPSA) is 150 Å². The summed E-state index contributed by atoms with van der Waals surface area (Å²) in [6.07, 6.45) is 0. The highest BCUT2D eigenvalue weighted by atomic mass is 35.7. The van der Waals surface area contributed by atoms with Crippen molar-refractivity contribution in [3.05, 3.63) is 90.1 Å². The van der Waals surface area contributed by atoms with Crippen molar-refractivity contribution in [2.24, 2.45) is 0 Å². The summed E-state index contributed by atoms with van der Waals surface area (Å²) in [5, 5.41) is 10.0. The average molecular weight is 572 g/mol. The molecule has 214 valence electrons. The number of carbonyl (C=O) groups excluding carboxylic acids is 1. The van der Waals surface area contributed by atoms with Gasteiger partial charge in [0.05, 0.1) is 31.5 Å². The molecule has 0 bridgehead atoms. The number of hydrogen-bond acceptors (Lipinski definition) is 8. The van der Waals surface area contributed by atoms with Crippen LogP contribution >= 0.6 is 0 Å². The number of quaternary nitrogens is 1. The van der Waals surface area contributed by atoms with Gasteiger partial charge in [-0.25, -0.2) is 23.5 Å². The van der Waals surface area contributed by atoms with Crippen LogP contribution in [0.1, 0.15) is 33.3 Å². The van der Waals surface area contributed by atoms with Gasteiger partial charge in [-0.3, -0.25) is 14.6 Å². The number of halogens is 1. The number of nitrogens with zero attached hydrogens (tertiary/aromatic N) is 2. The predicted molar refractivity (Wildman–Crippen MR) is 141 cm³/mol. The number of phenols is 1. The Hall–Kier alpha value is -3.64. The van der Waals surface area contributed by atoms with Gasteiger partial charge in [0.25, 0.3) is 11.7 Å². The molecule has 4 rings (SSSR count). The third-order valence-corrected chi connectivity index (χ3v) is 7.00. The molecule has 1 amide bonds. The lowest BCUT2D eigenvalue weighted by Crippen LogP contribution is -3.24. The standard InChI is InChI=1S/C29H33N3O3.ClHO4/c1-6-30(7-2)29(4)31(23-17-19-24(33)20-18-23)21(3)27(22-13-9-8-10-14-22)28(34)32(29)25-15-11-12-16-26(25)35-5;2-1(3,4)5/h8-20,33H,6-7H2,1-5H3;(H,2,3,4,5). The number of amides is 1. The summed E-state index contributed by atoms with van der Waals surface area (Å²) < 4.78 is 39.7. The number of allylic oxidation sites excluding steroid dienone is 1. The predicted octanol–water partition coefficient (Wildman–Crippen LogP) is -0.472. The minimum atomic E-state index is -4.94. The normalized spacial score (nSPS) is 17.6. The lowest BCUT2D eigenvalue weighted by molar-refractivity contribution is -2.00. The number of benzene rings is 3. The van der Waals surface area contributed by atoms with Gasteiger partial charge < -0.3 is 9.84 Å². The van der Waals surface area contributed by atoms with E-state index >= 15 is 0 Å². The fourth-order valence-corrected chi connectivity index (χ4v) is 5.38. The molecule has 3 aromatic rings. The van der Waals surface area contributed by atoms with Gasteiger partial charge in [0, 0.05) is 18.3 Å². The Bertz CT molecular complexity index is 1320. The van der Waals surface area contributed by atoms with Crippen molar-refractivity contribution < 1.29 is 48.4 Å². The number of aromatic hydroxyl groups is 1. The van der Waals surface area contributed by atoms with Gasteiger partial charge in [-0.05, 0) is 62.7 Å². The van der Waals surface area contributed by atoms with Crippen molar-refractivity contribution in [2.45, 2.75) is 33.5 Å². The molecule has 40 heavy (non-hydrogen) atoms. The first-order valence-corrected chi connectivity index (χ1v) is 13.9. The van der Waals surface area contributed by atoms with E-state index in [9.17, 15) is 9.90 Å². The Morgan fingerprint density at radius 1 is 0.875 bits per heavy atom. The monoisotopic (exact) mass is 571 g/mol. The first kappa shape index (κ1) is 30.9. The molecule has 2 N–H and O–H groups in total. The lowest BCUT2D eigenvalue weighted by atomic mass is 9.95. The maximum Gasteiger partial charge on any atom is 0.267 e. The van der Waals surface area contributed by atoms with E-state index in [0.29, 0.717) is 17.0 Å². The van der Waals surface area contributed by atoms with Crippen LogP contribution in [0.15, 0.2) is 84.6 Å². The molecule has 0 saturated carbocycles. The van der Waals surface area contributed by atoms with Crippen LogP contribution in [0, 0.1) is 10.2 Å². The van der Waals surface area contributed by atoms with Gasteiger partial charge in [-0.1, -0.05) is 42.5 Å². The van der Waals surface area contributed by atoms with E-state index in [1.807, 2.05) is 78.6 Å². The van der Waals surface area contributed by atoms with E-state index in [-0.39, 0.29) is 11.7 Å². The summed E-state index contributed by atoms with van der Waals surface area (Å²) in [6.45, 7) is 9.99. The first-order valence-electron chi connectivity index (χ1n) is 12.7. The molecule has 0 spiro atoms. The second kappa shape index (κ2) is 12.7. The molecular formula is C29H34ClN3O7. The number of nitrogens with one attached hydrogen (secondary N) is 1. The fourth-order valence-electron chi connectivity index (χ4n) is 5.38. The van der Waals surface area contributed by atoms with Gasteiger partial charge in [0.15, 0.2) is 0 Å². The number of hydrogen-bond donors (Lipinski definition) is 2. The van der Waals surface area contributed by atoms with Gasteiger partial charge in [0.2, 0.25) is 0 Å². The minimum absolute atomic E-state index is 0.0740. The van der Waals surface area contributed by atoms with E-state index in [4.69, 9.17) is 23.4 Å². The smallest absolute Gasteiger partial charge is 0.267 e. The van der Waals surface area contributed by atoms with Gasteiger partial charge >= 0.3 is 0 Å². The number of ether oxygens (including phenoxy) is 1. The molecule has 3 aromatic carbocycles. The zero-order chi connectivity index (χ0) is 29.7. The zero-order valence-corrected chi connectivity index (χ0v) is 23.8. The van der Waals surface area contributed by atoms with Crippen LogP contribution in [0.25, 0.3) is 5.57 Å². The Balaban J connectivity index is 0.000000810. The van der Waals surface area contributed by atoms with Crippen LogP contribution in [0.4, 0.5) is 11.4 Å². The zero-order valence-electron chi connectivity index (χ0n) is 23.1. The van der Waals surface area contributed by atoms with E-state index in [0.717, 1.165) is 30.0 Å². The van der Waals surface area contributed by atoms with Crippen molar-refractivity contribution in [1.29, 1.82) is 0 Å². The van der Waals surface area contributed by atoms with E-state index in [1.54, 1.807) is 19.2 Å². The maximum absolute atomic E-state index is 14.5. The van der Waals surface area contributed by atoms with E-state index in [1.165, 1.54) is 4.90 Å². The van der Waals surface area contributed by atoms with Gasteiger partial charge in [0.1, 0.15) is 11.5 Å². The Labute approximate surface area is 236 Å². The number of methoxy groups -OCH3 is 1. The minimum Gasteiger partial charge on any atom is -0.508 e. The summed E-state index contributed by atoms with van der Waals surface area (Å²) in [7, 11) is -3.31. The number of carbonyl (C=O) groups is 1. The highest BCUT2D eigenvalue weighted by Gasteiger charge is 2.55.